The Bertz CT molecular complexity index is 435. The summed E-state index contributed by atoms with van der Waals surface area (Å²) in [6.45, 7) is 6.52. The fourth-order valence-electron chi connectivity index (χ4n) is 1.59. The van der Waals surface area contributed by atoms with Gasteiger partial charge in [0.15, 0.2) is 0 Å². The molecular formula is C13H22N4O2. The predicted molar refractivity (Wildman–Crippen MR) is 75.4 cm³/mol. The van der Waals surface area contributed by atoms with Crippen molar-refractivity contribution in [3.63, 3.8) is 0 Å². The van der Waals surface area contributed by atoms with Gasteiger partial charge in [-0.15, -0.1) is 0 Å². The van der Waals surface area contributed by atoms with Crippen LogP contribution < -0.4 is 10.2 Å². The second kappa shape index (κ2) is 6.92. The number of rotatable bonds is 6. The van der Waals surface area contributed by atoms with Crippen molar-refractivity contribution in [1.82, 2.24) is 9.97 Å². The Labute approximate surface area is 114 Å². The maximum Gasteiger partial charge on any atom is 0.307 e. The van der Waals surface area contributed by atoms with Crippen LogP contribution in [0.25, 0.3) is 0 Å². The van der Waals surface area contributed by atoms with Gasteiger partial charge in [-0.05, 0) is 20.8 Å². The van der Waals surface area contributed by atoms with E-state index >= 15 is 0 Å². The number of ether oxygens (including phenoxy) is 1. The van der Waals surface area contributed by atoms with Gasteiger partial charge >= 0.3 is 5.97 Å². The van der Waals surface area contributed by atoms with E-state index in [2.05, 4.69) is 33.9 Å². The van der Waals surface area contributed by atoms with Crippen molar-refractivity contribution in [2.75, 3.05) is 30.9 Å². The molecule has 19 heavy (non-hydrogen) atoms. The van der Waals surface area contributed by atoms with E-state index in [9.17, 15) is 4.79 Å². The van der Waals surface area contributed by atoms with Gasteiger partial charge in [0, 0.05) is 25.7 Å². The molecule has 0 aromatic carbocycles. The van der Waals surface area contributed by atoms with Crippen LogP contribution in [-0.4, -0.2) is 42.7 Å². The molecule has 0 radical (unpaired) electrons. The van der Waals surface area contributed by atoms with E-state index in [0.29, 0.717) is 24.8 Å². The van der Waals surface area contributed by atoms with E-state index in [1.807, 2.05) is 24.9 Å². The molecule has 0 fully saturated rings. The third-order valence-corrected chi connectivity index (χ3v) is 2.53. The molecule has 0 atom stereocenters. The first-order valence-electron chi connectivity index (χ1n) is 6.32. The molecular weight excluding hydrogens is 244 g/mol. The Balaban J connectivity index is 2.75. The van der Waals surface area contributed by atoms with Crippen LogP contribution in [0.2, 0.25) is 0 Å². The molecule has 0 spiro atoms. The number of nitrogens with one attached hydrogen (secondary N) is 1. The molecule has 6 nitrogen and oxygen atoms in total. The summed E-state index contributed by atoms with van der Waals surface area (Å²) in [5, 5.41) is 3.25. The number of hydrogen-bond donors (Lipinski definition) is 1. The van der Waals surface area contributed by atoms with E-state index in [-0.39, 0.29) is 5.97 Å². The summed E-state index contributed by atoms with van der Waals surface area (Å²) in [5.41, 5.74) is 0. The molecule has 1 N–H and O–H groups in total. The topological polar surface area (TPSA) is 67.3 Å². The minimum absolute atomic E-state index is 0.224. The number of carbonyl (C=O) groups excluding carboxylic acids is 1. The summed E-state index contributed by atoms with van der Waals surface area (Å²) in [6.07, 6.45) is 0.336. The first-order chi connectivity index (χ1) is 8.92. The van der Waals surface area contributed by atoms with Gasteiger partial charge in [-0.3, -0.25) is 4.79 Å². The van der Waals surface area contributed by atoms with Crippen LogP contribution in [0.5, 0.6) is 0 Å². The van der Waals surface area contributed by atoms with Gasteiger partial charge in [-0.2, -0.15) is 0 Å². The SMILES string of the molecule is COC(=O)CCN(C)c1cc(NC(C)C)nc(C)n1. The molecule has 0 aliphatic rings. The first-order valence-corrected chi connectivity index (χ1v) is 6.32. The van der Waals surface area contributed by atoms with E-state index in [1.54, 1.807) is 0 Å². The van der Waals surface area contributed by atoms with Crippen LogP contribution in [0.1, 0.15) is 26.1 Å². The summed E-state index contributed by atoms with van der Waals surface area (Å²) in [7, 11) is 3.28. The summed E-state index contributed by atoms with van der Waals surface area (Å²) < 4.78 is 4.63. The molecule has 0 aliphatic heterocycles. The molecule has 1 aromatic rings. The maximum atomic E-state index is 11.1. The highest BCUT2D eigenvalue weighted by Crippen LogP contribution is 2.15. The fourth-order valence-corrected chi connectivity index (χ4v) is 1.59. The summed E-state index contributed by atoms with van der Waals surface area (Å²) in [5.74, 6) is 2.06. The third kappa shape index (κ3) is 5.11. The smallest absolute Gasteiger partial charge is 0.307 e. The van der Waals surface area contributed by atoms with Gasteiger partial charge in [0.25, 0.3) is 0 Å². The Hall–Kier alpha value is -1.85. The van der Waals surface area contributed by atoms with Crippen molar-refractivity contribution in [2.24, 2.45) is 0 Å². The van der Waals surface area contributed by atoms with Crippen LogP contribution in [-0.2, 0) is 9.53 Å². The molecule has 1 aromatic heterocycles. The normalized spacial score (nSPS) is 10.4. The predicted octanol–water partition coefficient (Wildman–Crippen LogP) is 1.60. The van der Waals surface area contributed by atoms with Crippen LogP contribution in [0.15, 0.2) is 6.07 Å². The van der Waals surface area contributed by atoms with Crippen molar-refractivity contribution >= 4 is 17.6 Å². The van der Waals surface area contributed by atoms with Gasteiger partial charge in [-0.1, -0.05) is 0 Å². The summed E-state index contributed by atoms with van der Waals surface area (Å²) in [6, 6.07) is 2.19. The number of aromatic nitrogens is 2. The highest BCUT2D eigenvalue weighted by Gasteiger charge is 2.09. The Morgan fingerprint density at radius 1 is 1.47 bits per heavy atom. The Morgan fingerprint density at radius 2 is 2.16 bits per heavy atom. The lowest BCUT2D eigenvalue weighted by molar-refractivity contribution is -0.140. The largest absolute Gasteiger partial charge is 0.469 e. The number of carbonyl (C=O) groups is 1. The zero-order chi connectivity index (χ0) is 14.4. The van der Waals surface area contributed by atoms with Crippen molar-refractivity contribution in [2.45, 2.75) is 33.2 Å². The molecule has 0 amide bonds. The van der Waals surface area contributed by atoms with Gasteiger partial charge < -0.3 is 15.0 Å². The van der Waals surface area contributed by atoms with Crippen molar-refractivity contribution in [1.29, 1.82) is 0 Å². The number of methoxy groups -OCH3 is 1. The number of nitrogens with zero attached hydrogens (tertiary/aromatic N) is 3. The van der Waals surface area contributed by atoms with E-state index < -0.39 is 0 Å². The van der Waals surface area contributed by atoms with Crippen molar-refractivity contribution in [3.05, 3.63) is 11.9 Å². The minimum atomic E-state index is -0.224. The van der Waals surface area contributed by atoms with E-state index in [4.69, 9.17) is 0 Å². The number of hydrogen-bond acceptors (Lipinski definition) is 6. The molecule has 1 rings (SSSR count). The first kappa shape index (κ1) is 15.2. The van der Waals surface area contributed by atoms with Gasteiger partial charge in [0.2, 0.25) is 0 Å². The van der Waals surface area contributed by atoms with Crippen LogP contribution in [0, 0.1) is 6.92 Å². The van der Waals surface area contributed by atoms with Gasteiger partial charge in [0.05, 0.1) is 13.5 Å². The quantitative estimate of drug-likeness (QED) is 0.789. The van der Waals surface area contributed by atoms with Crippen LogP contribution in [0.4, 0.5) is 11.6 Å². The zero-order valence-electron chi connectivity index (χ0n) is 12.2. The molecule has 0 saturated carbocycles. The Kier molecular flexibility index (Phi) is 5.54. The Morgan fingerprint density at radius 3 is 2.74 bits per heavy atom. The van der Waals surface area contributed by atoms with E-state index in [1.165, 1.54) is 7.11 Å². The highest BCUT2D eigenvalue weighted by molar-refractivity contribution is 5.70. The minimum Gasteiger partial charge on any atom is -0.469 e. The lowest BCUT2D eigenvalue weighted by Crippen LogP contribution is -2.23. The lowest BCUT2D eigenvalue weighted by Gasteiger charge is -2.19. The van der Waals surface area contributed by atoms with E-state index in [0.717, 1.165) is 11.6 Å². The zero-order valence-corrected chi connectivity index (χ0v) is 12.2. The van der Waals surface area contributed by atoms with Gasteiger partial charge in [-0.25, -0.2) is 9.97 Å². The van der Waals surface area contributed by atoms with Crippen LogP contribution >= 0.6 is 0 Å². The maximum absolute atomic E-state index is 11.1. The molecule has 0 aliphatic carbocycles. The average molecular weight is 266 g/mol. The van der Waals surface area contributed by atoms with Gasteiger partial charge in [0.1, 0.15) is 17.5 Å². The number of aryl methyl sites for hydroxylation is 1. The number of anilines is 2. The standard InChI is InChI=1S/C13H22N4O2/c1-9(2)14-11-8-12(16-10(3)15-11)17(4)7-6-13(18)19-5/h8-9H,6-7H2,1-5H3,(H,14,15,16). The second-order valence-corrected chi connectivity index (χ2v) is 4.71. The third-order valence-electron chi connectivity index (χ3n) is 2.53. The van der Waals surface area contributed by atoms with Crippen molar-refractivity contribution in [3.8, 4) is 0 Å². The molecule has 0 saturated heterocycles. The average Bonchev–Trinajstić information content (AvgIpc) is 2.33. The van der Waals surface area contributed by atoms with Crippen molar-refractivity contribution < 1.29 is 9.53 Å². The fraction of sp³-hybridized carbons (Fsp3) is 0.615. The molecule has 106 valence electrons. The van der Waals surface area contributed by atoms with Crippen LogP contribution in [0.3, 0.4) is 0 Å². The summed E-state index contributed by atoms with van der Waals surface area (Å²) in [4.78, 5) is 21.7. The highest BCUT2D eigenvalue weighted by atomic mass is 16.5. The lowest BCUT2D eigenvalue weighted by atomic mass is 10.3. The molecule has 0 bridgehead atoms. The summed E-state index contributed by atoms with van der Waals surface area (Å²) >= 11 is 0. The molecule has 0 unspecified atom stereocenters. The molecule has 6 heteroatoms. The second-order valence-electron chi connectivity index (χ2n) is 4.71. The monoisotopic (exact) mass is 266 g/mol. The number of esters is 1. The molecule has 1 heterocycles.